The van der Waals surface area contributed by atoms with Crippen molar-refractivity contribution in [1.29, 1.82) is 0 Å². The summed E-state index contributed by atoms with van der Waals surface area (Å²) in [6.45, 7) is 0. The number of hydrogen-bond donors (Lipinski definition) is 1. The van der Waals surface area contributed by atoms with Crippen LogP contribution in [0, 0.1) is 0 Å². The van der Waals surface area contributed by atoms with Gasteiger partial charge in [0.2, 0.25) is 6.23 Å². The number of hydrazone groups is 1. The number of para-hydroxylation sites is 1. The number of ether oxygens (including phenoxy) is 3. The largest absolute Gasteiger partial charge is 0.493 e. The van der Waals surface area contributed by atoms with Gasteiger partial charge in [0.15, 0.2) is 11.5 Å². The fourth-order valence-corrected chi connectivity index (χ4v) is 5.27. The summed E-state index contributed by atoms with van der Waals surface area (Å²) in [5, 5.41) is 17.0. The second-order valence-electron chi connectivity index (χ2n) is 9.17. The van der Waals surface area contributed by atoms with E-state index in [-0.39, 0.29) is 17.4 Å². The maximum Gasteiger partial charge on any atom is 0.340 e. The van der Waals surface area contributed by atoms with Crippen LogP contribution in [0.25, 0.3) is 11.1 Å². The van der Waals surface area contributed by atoms with Gasteiger partial charge in [-0.1, -0.05) is 72.8 Å². The van der Waals surface area contributed by atoms with Crippen LogP contribution in [0.15, 0.2) is 96.1 Å². The van der Waals surface area contributed by atoms with Crippen LogP contribution >= 0.6 is 0 Å². The van der Waals surface area contributed by atoms with Gasteiger partial charge in [0.1, 0.15) is 11.3 Å². The highest BCUT2D eigenvalue weighted by Crippen LogP contribution is 2.49. The molecule has 0 radical (unpaired) electrons. The molecule has 2 aliphatic rings. The van der Waals surface area contributed by atoms with Gasteiger partial charge in [0.05, 0.1) is 26.0 Å². The number of rotatable bonds is 6. The Morgan fingerprint density at radius 1 is 0.842 bits per heavy atom. The molecule has 4 aromatic rings. The minimum atomic E-state index is -1.13. The van der Waals surface area contributed by atoms with Crippen LogP contribution in [0.5, 0.6) is 17.2 Å². The Morgan fingerprint density at radius 3 is 2.24 bits per heavy atom. The first-order chi connectivity index (χ1) is 18.6. The Bertz CT molecular complexity index is 1530. The molecule has 0 bridgehead atoms. The lowest BCUT2D eigenvalue weighted by Crippen LogP contribution is -2.34. The zero-order valence-electron chi connectivity index (χ0n) is 21.0. The molecule has 0 amide bonds. The molecule has 0 unspecified atom stereocenters. The van der Waals surface area contributed by atoms with E-state index in [1.807, 2.05) is 47.5 Å². The molecule has 2 aliphatic heterocycles. The fraction of sp³-hybridized carbons (Fsp3) is 0.161. The van der Waals surface area contributed by atoms with Gasteiger partial charge in [0, 0.05) is 17.5 Å². The Balaban J connectivity index is 1.43. The second kappa shape index (κ2) is 9.59. The smallest absolute Gasteiger partial charge is 0.340 e. The normalized spacial score (nSPS) is 17.6. The molecule has 190 valence electrons. The maximum atomic E-state index is 12.4. The molecule has 6 rings (SSSR count). The van der Waals surface area contributed by atoms with Crippen LogP contribution in [-0.4, -0.2) is 36.0 Å². The number of carboxylic acids is 1. The van der Waals surface area contributed by atoms with Crippen LogP contribution in [0.2, 0.25) is 0 Å². The number of fused-ring (bicyclic) bond motifs is 3. The first kappa shape index (κ1) is 23.6. The van der Waals surface area contributed by atoms with Crippen molar-refractivity contribution >= 4 is 11.7 Å². The highest BCUT2D eigenvalue weighted by atomic mass is 16.5. The molecule has 7 heteroatoms. The number of benzene rings is 4. The van der Waals surface area contributed by atoms with Crippen molar-refractivity contribution < 1.29 is 24.1 Å². The second-order valence-corrected chi connectivity index (χ2v) is 9.17. The van der Waals surface area contributed by atoms with Crippen LogP contribution < -0.4 is 14.2 Å². The number of hydrogen-bond acceptors (Lipinski definition) is 6. The number of carbonyl (C=O) groups is 1. The molecular formula is C31H26N2O5. The number of carboxylic acid groups (broad SMARTS) is 1. The summed E-state index contributed by atoms with van der Waals surface area (Å²) in [6, 6.07) is 29.7. The highest BCUT2D eigenvalue weighted by molar-refractivity contribution is 6.02. The number of aromatic carboxylic acids is 1. The molecule has 0 saturated heterocycles. The molecule has 2 atom stereocenters. The summed E-state index contributed by atoms with van der Waals surface area (Å²) < 4.78 is 17.2. The third-order valence-electron chi connectivity index (χ3n) is 7.08. The molecule has 2 heterocycles. The van der Waals surface area contributed by atoms with Crippen molar-refractivity contribution in [3.63, 3.8) is 0 Å². The third-order valence-corrected chi connectivity index (χ3v) is 7.08. The predicted molar refractivity (Wildman–Crippen MR) is 144 cm³/mol. The number of nitrogens with zero attached hydrogens (tertiary/aromatic N) is 2. The van der Waals surface area contributed by atoms with Crippen LogP contribution in [0.3, 0.4) is 0 Å². The summed E-state index contributed by atoms with van der Waals surface area (Å²) in [5.41, 5.74) is 5.67. The van der Waals surface area contributed by atoms with Crippen molar-refractivity contribution in [2.24, 2.45) is 5.10 Å². The van der Waals surface area contributed by atoms with E-state index in [1.165, 1.54) is 14.2 Å². The lowest BCUT2D eigenvalue weighted by atomic mass is 9.94. The topological polar surface area (TPSA) is 80.6 Å². The average molecular weight is 507 g/mol. The van der Waals surface area contributed by atoms with Crippen molar-refractivity contribution in [3.8, 4) is 28.4 Å². The van der Waals surface area contributed by atoms with Crippen molar-refractivity contribution in [1.82, 2.24) is 5.01 Å². The Morgan fingerprint density at radius 2 is 1.53 bits per heavy atom. The maximum absolute atomic E-state index is 12.4. The highest BCUT2D eigenvalue weighted by Gasteiger charge is 2.43. The molecule has 0 aliphatic carbocycles. The molecule has 7 nitrogen and oxygen atoms in total. The van der Waals surface area contributed by atoms with Gasteiger partial charge in [-0.05, 0) is 34.9 Å². The summed E-state index contributed by atoms with van der Waals surface area (Å²) >= 11 is 0. The Kier molecular flexibility index (Phi) is 5.96. The Labute approximate surface area is 220 Å². The summed E-state index contributed by atoms with van der Waals surface area (Å²) in [5.74, 6) is 0.0670. The quantitative estimate of drug-likeness (QED) is 0.330. The number of methoxy groups -OCH3 is 2. The van der Waals surface area contributed by atoms with Crippen molar-refractivity contribution in [2.75, 3.05) is 14.2 Å². The zero-order chi connectivity index (χ0) is 26.2. The Hall–Kier alpha value is -4.78. The van der Waals surface area contributed by atoms with Gasteiger partial charge in [-0.2, -0.15) is 5.10 Å². The van der Waals surface area contributed by atoms with Gasteiger partial charge >= 0.3 is 5.97 Å². The fourth-order valence-electron chi connectivity index (χ4n) is 5.27. The lowest BCUT2D eigenvalue weighted by Gasteiger charge is -2.38. The molecule has 0 spiro atoms. The van der Waals surface area contributed by atoms with E-state index in [4.69, 9.17) is 19.3 Å². The van der Waals surface area contributed by atoms with E-state index in [0.29, 0.717) is 23.5 Å². The molecule has 0 fully saturated rings. The van der Waals surface area contributed by atoms with E-state index in [1.54, 1.807) is 12.1 Å². The predicted octanol–water partition coefficient (Wildman–Crippen LogP) is 6.31. The van der Waals surface area contributed by atoms with E-state index >= 15 is 0 Å². The SMILES string of the molecule is COc1ccc([C@H]2Oc3ccccc3[C@@H]3CC(c4ccc(-c5ccccc5)cc4)=NN23)c(C(=O)O)c1OC. The van der Waals surface area contributed by atoms with E-state index < -0.39 is 12.2 Å². The molecular weight excluding hydrogens is 480 g/mol. The molecule has 4 aromatic carbocycles. The van der Waals surface area contributed by atoms with Crippen molar-refractivity contribution in [3.05, 3.63) is 113 Å². The molecule has 0 aromatic heterocycles. The van der Waals surface area contributed by atoms with Crippen molar-refractivity contribution in [2.45, 2.75) is 18.7 Å². The summed E-state index contributed by atoms with van der Waals surface area (Å²) in [6.07, 6.45) is -0.0982. The summed E-state index contributed by atoms with van der Waals surface area (Å²) in [4.78, 5) is 12.4. The average Bonchev–Trinajstić information content (AvgIpc) is 3.42. The zero-order valence-corrected chi connectivity index (χ0v) is 21.0. The van der Waals surface area contributed by atoms with Crippen LogP contribution in [0.1, 0.15) is 45.7 Å². The minimum Gasteiger partial charge on any atom is -0.493 e. The van der Waals surface area contributed by atoms with Gasteiger partial charge < -0.3 is 19.3 Å². The van der Waals surface area contributed by atoms with Gasteiger partial charge in [-0.25, -0.2) is 9.80 Å². The van der Waals surface area contributed by atoms with E-state index in [2.05, 4.69) is 36.4 Å². The van der Waals surface area contributed by atoms with Gasteiger partial charge in [-0.15, -0.1) is 0 Å². The van der Waals surface area contributed by atoms with E-state index in [0.717, 1.165) is 28.0 Å². The first-order valence-corrected chi connectivity index (χ1v) is 12.3. The summed E-state index contributed by atoms with van der Waals surface area (Å²) in [7, 11) is 2.91. The van der Waals surface area contributed by atoms with Gasteiger partial charge in [-0.3, -0.25) is 0 Å². The monoisotopic (exact) mass is 506 g/mol. The molecule has 1 N–H and O–H groups in total. The lowest BCUT2D eigenvalue weighted by molar-refractivity contribution is -0.0199. The molecule has 38 heavy (non-hydrogen) atoms. The minimum absolute atomic E-state index is 0.00848. The first-order valence-electron chi connectivity index (χ1n) is 12.3. The standard InChI is InChI=1S/C31H26N2O5/c1-36-27-17-16-23(28(31(34)35)29(27)37-2)30-33-25(22-10-6-7-11-26(22)38-30)18-24(32-33)21-14-12-20(13-15-21)19-8-4-3-5-9-19/h3-17,25,30H,18H2,1-2H3,(H,34,35)/t25-,30+/m0/s1. The van der Waals surface area contributed by atoms with Crippen LogP contribution in [-0.2, 0) is 0 Å². The third kappa shape index (κ3) is 3.93. The van der Waals surface area contributed by atoms with E-state index in [9.17, 15) is 9.90 Å². The molecule has 0 saturated carbocycles. The van der Waals surface area contributed by atoms with Crippen LogP contribution in [0.4, 0.5) is 0 Å². The van der Waals surface area contributed by atoms with Gasteiger partial charge in [0.25, 0.3) is 0 Å².